The number of benzene rings is 1. The molecule has 0 spiro atoms. The Balaban J connectivity index is 1.45. The van der Waals surface area contributed by atoms with E-state index in [1.165, 1.54) is 43.2 Å². The molecule has 1 aromatic carbocycles. The molecule has 1 saturated heterocycles. The van der Waals surface area contributed by atoms with Crippen molar-refractivity contribution in [2.75, 3.05) is 19.8 Å². The van der Waals surface area contributed by atoms with E-state index in [-0.39, 0.29) is 5.91 Å². The van der Waals surface area contributed by atoms with Gasteiger partial charge >= 0.3 is 0 Å². The number of rotatable bonds is 5. The lowest BCUT2D eigenvalue weighted by atomic mass is 9.84. The standard InChI is InChI=1S/C20H30N2O2/c21-20(11-14-24-15-12-20)19(23)22-13-10-16-6-8-18(9-7-16)17-4-2-1-3-5-17/h6-9,17H,1-5,10-15,21H2,(H,22,23). The summed E-state index contributed by atoms with van der Waals surface area (Å²) in [4.78, 5) is 12.3. The molecular weight excluding hydrogens is 300 g/mol. The maximum atomic E-state index is 12.3. The highest BCUT2D eigenvalue weighted by Gasteiger charge is 2.35. The molecule has 1 aliphatic heterocycles. The number of ether oxygens (including phenoxy) is 1. The van der Waals surface area contributed by atoms with Crippen molar-refractivity contribution in [2.45, 2.75) is 62.8 Å². The lowest BCUT2D eigenvalue weighted by molar-refractivity contribution is -0.129. The number of hydrogen-bond acceptors (Lipinski definition) is 3. The minimum atomic E-state index is -0.747. The molecule has 0 atom stereocenters. The number of hydrogen-bond donors (Lipinski definition) is 2. The maximum Gasteiger partial charge on any atom is 0.240 e. The third-order valence-corrected chi connectivity index (χ3v) is 5.59. The van der Waals surface area contributed by atoms with E-state index in [0.29, 0.717) is 32.6 Å². The summed E-state index contributed by atoms with van der Waals surface area (Å²) in [6.07, 6.45) is 8.85. The minimum Gasteiger partial charge on any atom is -0.381 e. The van der Waals surface area contributed by atoms with Gasteiger partial charge in [0.15, 0.2) is 0 Å². The zero-order valence-electron chi connectivity index (χ0n) is 14.6. The molecule has 24 heavy (non-hydrogen) atoms. The van der Waals surface area contributed by atoms with E-state index >= 15 is 0 Å². The van der Waals surface area contributed by atoms with Crippen LogP contribution in [0.3, 0.4) is 0 Å². The van der Waals surface area contributed by atoms with Gasteiger partial charge in [-0.05, 0) is 49.1 Å². The Morgan fingerprint density at radius 1 is 1.12 bits per heavy atom. The fourth-order valence-corrected chi connectivity index (χ4v) is 3.85. The highest BCUT2D eigenvalue weighted by atomic mass is 16.5. The molecule has 2 aliphatic rings. The summed E-state index contributed by atoms with van der Waals surface area (Å²) in [6, 6.07) is 8.97. The second kappa shape index (κ2) is 8.13. The summed E-state index contributed by atoms with van der Waals surface area (Å²) in [5.74, 6) is 0.711. The monoisotopic (exact) mass is 330 g/mol. The SMILES string of the molecule is NC1(C(=O)NCCc2ccc(C3CCCCC3)cc2)CCOCC1. The Morgan fingerprint density at radius 2 is 1.79 bits per heavy atom. The third kappa shape index (κ3) is 4.37. The summed E-state index contributed by atoms with van der Waals surface area (Å²) < 4.78 is 5.29. The van der Waals surface area contributed by atoms with Crippen molar-refractivity contribution in [3.05, 3.63) is 35.4 Å². The largest absolute Gasteiger partial charge is 0.381 e. The molecule has 4 heteroatoms. The molecule has 1 saturated carbocycles. The fraction of sp³-hybridized carbons (Fsp3) is 0.650. The van der Waals surface area contributed by atoms with Crippen molar-refractivity contribution in [1.29, 1.82) is 0 Å². The van der Waals surface area contributed by atoms with Crippen molar-refractivity contribution < 1.29 is 9.53 Å². The molecule has 1 aromatic rings. The average Bonchev–Trinajstić information content (AvgIpc) is 2.63. The first kappa shape index (κ1) is 17.4. The van der Waals surface area contributed by atoms with Crippen molar-refractivity contribution >= 4 is 5.91 Å². The number of nitrogens with one attached hydrogen (secondary N) is 1. The van der Waals surface area contributed by atoms with Gasteiger partial charge in [0, 0.05) is 19.8 Å². The van der Waals surface area contributed by atoms with Crippen LogP contribution in [-0.4, -0.2) is 31.2 Å². The Morgan fingerprint density at radius 3 is 2.46 bits per heavy atom. The highest BCUT2D eigenvalue weighted by molar-refractivity contribution is 5.86. The van der Waals surface area contributed by atoms with Gasteiger partial charge in [0.25, 0.3) is 0 Å². The van der Waals surface area contributed by atoms with Crippen LogP contribution in [0.25, 0.3) is 0 Å². The molecule has 1 amide bonds. The van der Waals surface area contributed by atoms with Gasteiger partial charge in [-0.25, -0.2) is 0 Å². The van der Waals surface area contributed by atoms with Crippen LogP contribution in [0.4, 0.5) is 0 Å². The van der Waals surface area contributed by atoms with Crippen LogP contribution in [0.1, 0.15) is 62.0 Å². The van der Waals surface area contributed by atoms with Gasteiger partial charge in [0.2, 0.25) is 5.91 Å². The minimum absolute atomic E-state index is 0.0374. The van der Waals surface area contributed by atoms with E-state index in [0.717, 1.165) is 12.3 Å². The van der Waals surface area contributed by atoms with Gasteiger partial charge in [-0.1, -0.05) is 43.5 Å². The van der Waals surface area contributed by atoms with Crippen LogP contribution in [0.15, 0.2) is 24.3 Å². The molecule has 2 fully saturated rings. The van der Waals surface area contributed by atoms with Gasteiger partial charge in [-0.3, -0.25) is 4.79 Å². The molecule has 0 radical (unpaired) electrons. The Hall–Kier alpha value is -1.39. The summed E-state index contributed by atoms with van der Waals surface area (Å²) in [5, 5.41) is 3.00. The predicted octanol–water partition coefficient (Wildman–Crippen LogP) is 2.90. The molecule has 1 aliphatic carbocycles. The molecule has 0 aromatic heterocycles. The van der Waals surface area contributed by atoms with Gasteiger partial charge < -0.3 is 15.8 Å². The van der Waals surface area contributed by atoms with Gasteiger partial charge in [-0.2, -0.15) is 0 Å². The number of carbonyl (C=O) groups excluding carboxylic acids is 1. The molecule has 3 N–H and O–H groups in total. The second-order valence-corrected chi connectivity index (χ2v) is 7.35. The quantitative estimate of drug-likeness (QED) is 0.872. The Kier molecular flexibility index (Phi) is 5.90. The van der Waals surface area contributed by atoms with Gasteiger partial charge in [0.05, 0.1) is 5.54 Å². The van der Waals surface area contributed by atoms with E-state index in [9.17, 15) is 4.79 Å². The first-order valence-electron chi connectivity index (χ1n) is 9.41. The second-order valence-electron chi connectivity index (χ2n) is 7.35. The van der Waals surface area contributed by atoms with Gasteiger partial charge in [-0.15, -0.1) is 0 Å². The van der Waals surface area contributed by atoms with Crippen LogP contribution in [0.5, 0.6) is 0 Å². The first-order chi connectivity index (χ1) is 11.7. The normalized spacial score (nSPS) is 21.4. The molecule has 0 unspecified atom stereocenters. The summed E-state index contributed by atoms with van der Waals surface area (Å²) >= 11 is 0. The lowest BCUT2D eigenvalue weighted by Gasteiger charge is -2.31. The molecular formula is C20H30N2O2. The van der Waals surface area contributed by atoms with Crippen molar-refractivity contribution in [3.63, 3.8) is 0 Å². The Labute approximate surface area is 145 Å². The van der Waals surface area contributed by atoms with Crippen molar-refractivity contribution in [1.82, 2.24) is 5.32 Å². The van der Waals surface area contributed by atoms with Crippen molar-refractivity contribution in [2.24, 2.45) is 5.73 Å². The fourth-order valence-electron chi connectivity index (χ4n) is 3.85. The highest BCUT2D eigenvalue weighted by Crippen LogP contribution is 2.32. The third-order valence-electron chi connectivity index (χ3n) is 5.59. The zero-order valence-corrected chi connectivity index (χ0v) is 14.6. The molecule has 0 bridgehead atoms. The summed E-state index contributed by atoms with van der Waals surface area (Å²) in [5.41, 5.74) is 8.19. The van der Waals surface area contributed by atoms with E-state index in [4.69, 9.17) is 10.5 Å². The van der Waals surface area contributed by atoms with E-state index in [1.807, 2.05) is 0 Å². The smallest absolute Gasteiger partial charge is 0.240 e. The molecule has 4 nitrogen and oxygen atoms in total. The number of nitrogens with two attached hydrogens (primary N) is 1. The molecule has 1 heterocycles. The van der Waals surface area contributed by atoms with Crippen LogP contribution in [-0.2, 0) is 16.0 Å². The van der Waals surface area contributed by atoms with Crippen LogP contribution in [0.2, 0.25) is 0 Å². The first-order valence-corrected chi connectivity index (χ1v) is 9.41. The predicted molar refractivity (Wildman–Crippen MR) is 96.0 cm³/mol. The zero-order chi connectivity index (χ0) is 16.8. The van der Waals surface area contributed by atoms with E-state index in [1.54, 1.807) is 0 Å². The van der Waals surface area contributed by atoms with E-state index in [2.05, 4.69) is 29.6 Å². The average molecular weight is 330 g/mol. The molecule has 132 valence electrons. The summed E-state index contributed by atoms with van der Waals surface area (Å²) in [7, 11) is 0. The van der Waals surface area contributed by atoms with E-state index < -0.39 is 5.54 Å². The molecule has 3 rings (SSSR count). The lowest BCUT2D eigenvalue weighted by Crippen LogP contribution is -2.57. The maximum absolute atomic E-state index is 12.3. The van der Waals surface area contributed by atoms with Crippen LogP contribution < -0.4 is 11.1 Å². The van der Waals surface area contributed by atoms with Crippen LogP contribution in [0, 0.1) is 0 Å². The topological polar surface area (TPSA) is 64.4 Å². The Bertz CT molecular complexity index is 529. The number of carbonyl (C=O) groups is 1. The van der Waals surface area contributed by atoms with Crippen LogP contribution >= 0.6 is 0 Å². The van der Waals surface area contributed by atoms with Gasteiger partial charge in [0.1, 0.15) is 0 Å². The number of amides is 1. The van der Waals surface area contributed by atoms with Crippen molar-refractivity contribution in [3.8, 4) is 0 Å². The summed E-state index contributed by atoms with van der Waals surface area (Å²) in [6.45, 7) is 1.79.